The molecule has 3 unspecified atom stereocenters. The summed E-state index contributed by atoms with van der Waals surface area (Å²) in [4.78, 5) is 17.5. The topological polar surface area (TPSA) is 63.5 Å². The van der Waals surface area contributed by atoms with E-state index in [1.54, 1.807) is 16.9 Å². The van der Waals surface area contributed by atoms with Gasteiger partial charge in [0, 0.05) is 32.2 Å². The summed E-state index contributed by atoms with van der Waals surface area (Å²) in [7, 11) is 0. The Hall–Kier alpha value is -1.96. The highest BCUT2D eigenvalue weighted by molar-refractivity contribution is 6.32. The Labute approximate surface area is 170 Å². The van der Waals surface area contributed by atoms with Crippen molar-refractivity contribution >= 4 is 17.5 Å². The van der Waals surface area contributed by atoms with Crippen molar-refractivity contribution in [2.24, 2.45) is 0 Å². The molecule has 8 heteroatoms. The highest BCUT2D eigenvalue weighted by Gasteiger charge is 2.34. The van der Waals surface area contributed by atoms with E-state index in [0.717, 1.165) is 39.0 Å². The first-order chi connectivity index (χ1) is 13.5. The minimum Gasteiger partial charge on any atom is -0.373 e. The number of benzene rings is 1. The summed E-state index contributed by atoms with van der Waals surface area (Å²) < 4.78 is 7.39. The number of morpholine rings is 1. The third-order valence-electron chi connectivity index (χ3n) is 5.41. The van der Waals surface area contributed by atoms with Gasteiger partial charge < -0.3 is 9.64 Å². The molecule has 2 saturated heterocycles. The molecule has 2 aliphatic heterocycles. The third-order valence-corrected chi connectivity index (χ3v) is 5.73. The Morgan fingerprint density at radius 3 is 2.75 bits per heavy atom. The number of carbonyl (C=O) groups excluding carboxylic acids is 1. The zero-order valence-electron chi connectivity index (χ0n) is 16.3. The minimum absolute atomic E-state index is 0.0600. The largest absolute Gasteiger partial charge is 0.373 e. The van der Waals surface area contributed by atoms with Crippen LogP contribution in [0.1, 0.15) is 37.2 Å². The maximum Gasteiger partial charge on any atom is 0.276 e. The summed E-state index contributed by atoms with van der Waals surface area (Å²) in [5.74, 6) is -0.0600. The average molecular weight is 404 g/mol. The molecule has 0 bridgehead atoms. The second-order valence-corrected chi connectivity index (χ2v) is 8.18. The molecule has 0 N–H and O–H groups in total. The molecule has 2 fully saturated rings. The minimum atomic E-state index is -0.0600. The Balaban J connectivity index is 1.46. The molecule has 2 aromatic rings. The fourth-order valence-electron chi connectivity index (χ4n) is 4.29. The van der Waals surface area contributed by atoms with Gasteiger partial charge in [0.05, 0.1) is 29.1 Å². The number of ether oxygens (including phenoxy) is 1. The summed E-state index contributed by atoms with van der Waals surface area (Å²) in [5.41, 5.74) is 1.07. The number of hydrogen-bond acceptors (Lipinski definition) is 5. The SMILES string of the molecule is CC1CN(CC2CCCN2C(=O)c2cn(-c3ccccc3Cl)nn2)CC(C)O1. The first-order valence-electron chi connectivity index (χ1n) is 9.87. The molecule has 1 aromatic carbocycles. The molecule has 7 nitrogen and oxygen atoms in total. The van der Waals surface area contributed by atoms with Crippen LogP contribution in [0.3, 0.4) is 0 Å². The lowest BCUT2D eigenvalue weighted by Crippen LogP contribution is -2.51. The van der Waals surface area contributed by atoms with E-state index in [1.807, 2.05) is 23.1 Å². The van der Waals surface area contributed by atoms with Crippen LogP contribution >= 0.6 is 11.6 Å². The smallest absolute Gasteiger partial charge is 0.276 e. The number of rotatable bonds is 4. The molecule has 0 radical (unpaired) electrons. The standard InChI is InChI=1S/C20H26ClN5O2/c1-14-10-24(11-15(2)28-14)12-16-6-5-9-25(16)20(27)18-13-26(23-22-18)19-8-4-3-7-17(19)21/h3-4,7-8,13-16H,5-6,9-12H2,1-2H3. The molecule has 1 aromatic heterocycles. The van der Waals surface area contributed by atoms with Crippen LogP contribution in [0.4, 0.5) is 0 Å². The Kier molecular flexibility index (Phi) is 5.66. The second kappa shape index (κ2) is 8.19. The fourth-order valence-corrected chi connectivity index (χ4v) is 4.51. The molecule has 28 heavy (non-hydrogen) atoms. The number of amides is 1. The van der Waals surface area contributed by atoms with E-state index >= 15 is 0 Å². The zero-order valence-corrected chi connectivity index (χ0v) is 17.0. The summed E-state index contributed by atoms with van der Waals surface area (Å²) >= 11 is 6.23. The van der Waals surface area contributed by atoms with E-state index in [1.165, 1.54) is 0 Å². The van der Waals surface area contributed by atoms with E-state index in [9.17, 15) is 4.79 Å². The molecule has 0 spiro atoms. The quantitative estimate of drug-likeness (QED) is 0.785. The Bertz CT molecular complexity index is 832. The van der Waals surface area contributed by atoms with Crippen molar-refractivity contribution in [3.05, 3.63) is 41.2 Å². The van der Waals surface area contributed by atoms with Crippen molar-refractivity contribution in [1.82, 2.24) is 24.8 Å². The van der Waals surface area contributed by atoms with Crippen LogP contribution in [0.15, 0.2) is 30.5 Å². The van der Waals surface area contributed by atoms with E-state index in [2.05, 4.69) is 29.1 Å². The van der Waals surface area contributed by atoms with E-state index < -0.39 is 0 Å². The van der Waals surface area contributed by atoms with Crippen molar-refractivity contribution in [1.29, 1.82) is 0 Å². The van der Waals surface area contributed by atoms with Crippen LogP contribution in [0.25, 0.3) is 5.69 Å². The summed E-state index contributed by atoms with van der Waals surface area (Å²) in [6.45, 7) is 7.66. The predicted octanol–water partition coefficient (Wildman–Crippen LogP) is 2.63. The molecule has 4 rings (SSSR count). The van der Waals surface area contributed by atoms with Crippen molar-refractivity contribution in [3.63, 3.8) is 0 Å². The molecule has 0 aliphatic carbocycles. The molecule has 150 valence electrons. The number of aromatic nitrogens is 3. The molecular formula is C20H26ClN5O2. The van der Waals surface area contributed by atoms with Gasteiger partial charge in [0.15, 0.2) is 5.69 Å². The molecule has 0 saturated carbocycles. The Morgan fingerprint density at radius 2 is 2.00 bits per heavy atom. The normalized spacial score (nSPS) is 26.0. The van der Waals surface area contributed by atoms with Crippen LogP contribution in [-0.2, 0) is 4.74 Å². The highest BCUT2D eigenvalue weighted by Crippen LogP contribution is 2.23. The van der Waals surface area contributed by atoms with Gasteiger partial charge in [-0.15, -0.1) is 5.10 Å². The molecule has 3 heterocycles. The first-order valence-corrected chi connectivity index (χ1v) is 10.2. The van der Waals surface area contributed by atoms with Crippen LogP contribution in [0.5, 0.6) is 0 Å². The molecule has 3 atom stereocenters. The monoisotopic (exact) mass is 403 g/mol. The van der Waals surface area contributed by atoms with Crippen LogP contribution in [0.2, 0.25) is 5.02 Å². The van der Waals surface area contributed by atoms with E-state index in [4.69, 9.17) is 16.3 Å². The number of likely N-dealkylation sites (tertiary alicyclic amines) is 1. The van der Waals surface area contributed by atoms with Gasteiger partial charge in [-0.1, -0.05) is 28.9 Å². The van der Waals surface area contributed by atoms with Gasteiger partial charge in [0.1, 0.15) is 0 Å². The van der Waals surface area contributed by atoms with Gasteiger partial charge in [-0.05, 0) is 38.8 Å². The highest BCUT2D eigenvalue weighted by atomic mass is 35.5. The van der Waals surface area contributed by atoms with E-state index in [-0.39, 0.29) is 24.2 Å². The molecule has 2 aliphatic rings. The van der Waals surface area contributed by atoms with Crippen molar-refractivity contribution < 1.29 is 9.53 Å². The van der Waals surface area contributed by atoms with Gasteiger partial charge in [-0.2, -0.15) is 0 Å². The van der Waals surface area contributed by atoms with Gasteiger partial charge in [0.2, 0.25) is 0 Å². The van der Waals surface area contributed by atoms with Gasteiger partial charge in [0.25, 0.3) is 5.91 Å². The van der Waals surface area contributed by atoms with Crippen molar-refractivity contribution in [2.75, 3.05) is 26.2 Å². The average Bonchev–Trinajstić information content (AvgIpc) is 3.30. The van der Waals surface area contributed by atoms with Crippen LogP contribution in [0, 0.1) is 0 Å². The summed E-state index contributed by atoms with van der Waals surface area (Å²) in [5, 5.41) is 8.79. The number of carbonyl (C=O) groups is 1. The lowest BCUT2D eigenvalue weighted by atomic mass is 10.1. The summed E-state index contributed by atoms with van der Waals surface area (Å²) in [6, 6.07) is 7.59. The second-order valence-electron chi connectivity index (χ2n) is 7.77. The number of para-hydroxylation sites is 1. The lowest BCUT2D eigenvalue weighted by molar-refractivity contribution is -0.0715. The summed E-state index contributed by atoms with van der Waals surface area (Å²) in [6.07, 6.45) is 4.15. The van der Waals surface area contributed by atoms with Gasteiger partial charge in [-0.3, -0.25) is 9.69 Å². The third kappa shape index (κ3) is 4.06. The Morgan fingerprint density at radius 1 is 1.25 bits per heavy atom. The fraction of sp³-hybridized carbons (Fsp3) is 0.550. The van der Waals surface area contributed by atoms with Crippen LogP contribution in [-0.4, -0.2) is 75.1 Å². The predicted molar refractivity (Wildman–Crippen MR) is 107 cm³/mol. The number of nitrogens with zero attached hydrogens (tertiary/aromatic N) is 5. The van der Waals surface area contributed by atoms with Crippen LogP contribution < -0.4 is 0 Å². The maximum atomic E-state index is 13.1. The molecular weight excluding hydrogens is 378 g/mol. The first kappa shape index (κ1) is 19.4. The van der Waals surface area contributed by atoms with Crippen molar-refractivity contribution in [2.45, 2.75) is 44.9 Å². The number of halogens is 1. The van der Waals surface area contributed by atoms with Crippen molar-refractivity contribution in [3.8, 4) is 5.69 Å². The van der Waals surface area contributed by atoms with Gasteiger partial charge >= 0.3 is 0 Å². The lowest BCUT2D eigenvalue weighted by Gasteiger charge is -2.38. The van der Waals surface area contributed by atoms with Gasteiger partial charge in [-0.25, -0.2) is 4.68 Å². The molecule has 1 amide bonds. The zero-order chi connectivity index (χ0) is 19.7. The number of hydrogen-bond donors (Lipinski definition) is 0. The maximum absolute atomic E-state index is 13.1. The van der Waals surface area contributed by atoms with E-state index in [0.29, 0.717) is 16.4 Å².